The second kappa shape index (κ2) is 6.20. The minimum Gasteiger partial charge on any atom is -0.287 e. The van der Waals surface area contributed by atoms with Gasteiger partial charge in [-0.2, -0.15) is 0 Å². The van der Waals surface area contributed by atoms with Crippen molar-refractivity contribution in [1.82, 2.24) is 9.88 Å². The van der Waals surface area contributed by atoms with Crippen molar-refractivity contribution in [3.63, 3.8) is 0 Å². The Labute approximate surface area is 161 Å². The summed E-state index contributed by atoms with van der Waals surface area (Å²) in [6, 6.07) is 10.2. The van der Waals surface area contributed by atoms with Crippen molar-refractivity contribution in [2.45, 2.75) is 27.3 Å². The fourth-order valence-corrected chi connectivity index (χ4v) is 3.69. The van der Waals surface area contributed by atoms with Gasteiger partial charge in [-0.15, -0.1) is 0 Å². The third-order valence-corrected chi connectivity index (χ3v) is 5.19. The molecule has 2 aliphatic heterocycles. The van der Waals surface area contributed by atoms with Crippen LogP contribution in [-0.4, -0.2) is 34.8 Å². The van der Waals surface area contributed by atoms with Crippen LogP contribution < -0.4 is 4.90 Å². The van der Waals surface area contributed by atoms with Crippen molar-refractivity contribution in [2.75, 3.05) is 18.0 Å². The normalized spacial score (nSPS) is 18.3. The van der Waals surface area contributed by atoms with E-state index in [1.807, 2.05) is 6.07 Å². The Morgan fingerprint density at radius 3 is 2.69 bits per heavy atom. The Hall–Kier alpha value is -2.21. The summed E-state index contributed by atoms with van der Waals surface area (Å²) in [7, 11) is 0. The number of nitrogens with zero attached hydrogens (tertiary/aromatic N) is 4. The molecule has 0 N–H and O–H groups in total. The number of aliphatic imine (C=N–C) groups is 1. The van der Waals surface area contributed by atoms with Gasteiger partial charge in [0.2, 0.25) is 0 Å². The van der Waals surface area contributed by atoms with E-state index in [2.05, 4.69) is 66.0 Å². The Kier molecular flexibility index (Phi) is 4.10. The van der Waals surface area contributed by atoms with Gasteiger partial charge in [-0.1, -0.05) is 43.7 Å². The molecule has 3 heterocycles. The number of amidine groups is 1. The summed E-state index contributed by atoms with van der Waals surface area (Å²) in [6.07, 6.45) is 1.76. The molecule has 2 amide bonds. The molecule has 6 heteroatoms. The van der Waals surface area contributed by atoms with E-state index in [1.54, 1.807) is 16.0 Å². The summed E-state index contributed by atoms with van der Waals surface area (Å²) in [5.74, 6) is 0.692. The predicted octanol–water partition coefficient (Wildman–Crippen LogP) is 4.38. The van der Waals surface area contributed by atoms with Gasteiger partial charge in [0.1, 0.15) is 5.69 Å². The van der Waals surface area contributed by atoms with E-state index in [4.69, 9.17) is 4.99 Å². The molecule has 5 nitrogen and oxygen atoms in total. The fraction of sp³-hybridized carbons (Fsp3) is 0.350. The van der Waals surface area contributed by atoms with Crippen LogP contribution >= 0.6 is 15.9 Å². The highest BCUT2D eigenvalue weighted by atomic mass is 79.9. The first-order valence-electron chi connectivity index (χ1n) is 8.69. The van der Waals surface area contributed by atoms with Crippen LogP contribution in [0.15, 0.2) is 46.0 Å². The first-order valence-corrected chi connectivity index (χ1v) is 9.48. The van der Waals surface area contributed by atoms with E-state index in [1.165, 1.54) is 5.56 Å². The summed E-state index contributed by atoms with van der Waals surface area (Å²) in [4.78, 5) is 26.2. The largest absolute Gasteiger partial charge is 0.330 e. The lowest BCUT2D eigenvalue weighted by Gasteiger charge is -2.43. The number of carbonyl (C=O) groups is 1. The van der Waals surface area contributed by atoms with Gasteiger partial charge in [0.25, 0.3) is 0 Å². The van der Waals surface area contributed by atoms with Crippen LogP contribution in [0.4, 0.5) is 10.5 Å². The number of benzene rings is 1. The zero-order valence-corrected chi connectivity index (χ0v) is 16.7. The number of aromatic nitrogens is 1. The van der Waals surface area contributed by atoms with E-state index in [0.29, 0.717) is 25.5 Å². The average molecular weight is 413 g/mol. The molecule has 0 bridgehead atoms. The van der Waals surface area contributed by atoms with Crippen molar-refractivity contribution in [2.24, 2.45) is 10.4 Å². The molecule has 4 rings (SSSR count). The van der Waals surface area contributed by atoms with Crippen LogP contribution in [0.25, 0.3) is 0 Å². The molecule has 0 saturated heterocycles. The van der Waals surface area contributed by atoms with Crippen molar-refractivity contribution < 1.29 is 4.79 Å². The predicted molar refractivity (Wildman–Crippen MR) is 107 cm³/mol. The lowest BCUT2D eigenvalue weighted by molar-refractivity contribution is 0.200. The zero-order chi connectivity index (χ0) is 18.5. The zero-order valence-electron chi connectivity index (χ0n) is 15.2. The monoisotopic (exact) mass is 412 g/mol. The minimum absolute atomic E-state index is 0.0375. The third-order valence-electron chi connectivity index (χ3n) is 4.76. The first kappa shape index (κ1) is 17.2. The van der Waals surface area contributed by atoms with Crippen molar-refractivity contribution in [3.05, 3.63) is 57.8 Å². The molecule has 0 radical (unpaired) electrons. The molecule has 2 aliphatic rings. The number of hydrogen-bond acceptors (Lipinski definition) is 3. The van der Waals surface area contributed by atoms with Gasteiger partial charge in [0.15, 0.2) is 5.84 Å². The number of urea groups is 1. The lowest BCUT2D eigenvalue weighted by Crippen LogP contribution is -2.56. The highest BCUT2D eigenvalue weighted by Gasteiger charge is 2.41. The number of carbonyl (C=O) groups excluding carboxylic acids is 1. The van der Waals surface area contributed by atoms with Gasteiger partial charge in [-0.25, -0.2) is 9.78 Å². The summed E-state index contributed by atoms with van der Waals surface area (Å²) >= 11 is 3.48. The minimum atomic E-state index is -0.0401. The number of fused-ring (bicyclic) bond motifs is 3. The standard InChI is InChI=1S/C20H21BrN4O/c1-13-4-6-14(7-5-13)10-24-16-8-15(21)9-22-17(16)18-23-11-20(2,3)12-25(18)19(24)26/h4-9H,10-12H2,1-3H3. The Balaban J connectivity index is 1.80. The Morgan fingerprint density at radius 2 is 1.96 bits per heavy atom. The summed E-state index contributed by atoms with van der Waals surface area (Å²) in [6.45, 7) is 8.18. The molecule has 0 atom stereocenters. The highest BCUT2D eigenvalue weighted by Crippen LogP contribution is 2.35. The number of amides is 2. The van der Waals surface area contributed by atoms with E-state index in [0.717, 1.165) is 21.4 Å². The van der Waals surface area contributed by atoms with Gasteiger partial charge < -0.3 is 0 Å². The first-order chi connectivity index (χ1) is 12.3. The smallest absolute Gasteiger partial charge is 0.287 e. The summed E-state index contributed by atoms with van der Waals surface area (Å²) in [5, 5.41) is 0. The average Bonchev–Trinajstić information content (AvgIpc) is 2.59. The Bertz CT molecular complexity index is 905. The molecular formula is C20H21BrN4O. The van der Waals surface area contributed by atoms with Crippen molar-refractivity contribution in [1.29, 1.82) is 0 Å². The van der Waals surface area contributed by atoms with Crippen LogP contribution in [0.3, 0.4) is 0 Å². The van der Waals surface area contributed by atoms with E-state index >= 15 is 0 Å². The SMILES string of the molecule is Cc1ccc(CN2C(=O)N3CC(C)(C)CN=C3c3ncc(Br)cc32)cc1. The molecule has 2 aromatic rings. The second-order valence-electron chi connectivity index (χ2n) is 7.77. The molecule has 134 valence electrons. The number of anilines is 1. The van der Waals surface area contributed by atoms with Crippen LogP contribution in [0, 0.1) is 12.3 Å². The fourth-order valence-electron chi connectivity index (χ4n) is 3.37. The maximum Gasteiger partial charge on any atom is 0.330 e. The van der Waals surface area contributed by atoms with Crippen molar-refractivity contribution >= 4 is 33.5 Å². The molecule has 0 unspecified atom stereocenters. The van der Waals surface area contributed by atoms with Crippen LogP contribution in [-0.2, 0) is 6.54 Å². The van der Waals surface area contributed by atoms with Gasteiger partial charge in [-0.05, 0) is 34.5 Å². The summed E-state index contributed by atoms with van der Waals surface area (Å²) in [5.41, 5.74) is 3.83. The molecular weight excluding hydrogens is 392 g/mol. The molecule has 0 saturated carbocycles. The molecule has 0 aliphatic carbocycles. The Morgan fingerprint density at radius 1 is 1.23 bits per heavy atom. The topological polar surface area (TPSA) is 48.8 Å². The number of pyridine rings is 1. The third kappa shape index (κ3) is 3.03. The second-order valence-corrected chi connectivity index (χ2v) is 8.68. The van der Waals surface area contributed by atoms with Gasteiger partial charge in [-0.3, -0.25) is 14.8 Å². The molecule has 1 aromatic carbocycles. The molecule has 0 fully saturated rings. The summed E-state index contributed by atoms with van der Waals surface area (Å²) < 4.78 is 0.850. The number of aryl methyl sites for hydroxylation is 1. The van der Waals surface area contributed by atoms with Crippen molar-refractivity contribution in [3.8, 4) is 0 Å². The quantitative estimate of drug-likeness (QED) is 0.734. The maximum atomic E-state index is 13.3. The van der Waals surface area contributed by atoms with Crippen LogP contribution in [0.1, 0.15) is 30.7 Å². The molecule has 26 heavy (non-hydrogen) atoms. The van der Waals surface area contributed by atoms with Gasteiger partial charge in [0.05, 0.1) is 12.2 Å². The number of hydrogen-bond donors (Lipinski definition) is 0. The molecule has 0 spiro atoms. The number of rotatable bonds is 2. The van der Waals surface area contributed by atoms with E-state index in [9.17, 15) is 4.79 Å². The molecule has 1 aromatic heterocycles. The van der Waals surface area contributed by atoms with E-state index in [-0.39, 0.29) is 11.4 Å². The highest BCUT2D eigenvalue weighted by molar-refractivity contribution is 9.10. The van der Waals surface area contributed by atoms with Crippen LogP contribution in [0.5, 0.6) is 0 Å². The lowest BCUT2D eigenvalue weighted by atomic mass is 9.90. The van der Waals surface area contributed by atoms with Gasteiger partial charge >= 0.3 is 6.03 Å². The van der Waals surface area contributed by atoms with Gasteiger partial charge in [0, 0.05) is 29.2 Å². The van der Waals surface area contributed by atoms with Crippen LogP contribution in [0.2, 0.25) is 0 Å². The van der Waals surface area contributed by atoms with E-state index < -0.39 is 0 Å². The number of halogens is 1. The maximum absolute atomic E-state index is 13.3.